The van der Waals surface area contributed by atoms with Crippen molar-refractivity contribution in [2.24, 2.45) is 0 Å². The third kappa shape index (κ3) is 5.96. The molecule has 0 N–H and O–H groups in total. The van der Waals surface area contributed by atoms with E-state index in [0.29, 0.717) is 5.89 Å². The number of para-hydroxylation sites is 2. The van der Waals surface area contributed by atoms with E-state index in [-0.39, 0.29) is 0 Å². The Kier molecular flexibility index (Phi) is 8.13. The monoisotopic (exact) mass is 779 g/mol. The molecule has 2 heterocycles. The quantitative estimate of drug-likeness (QED) is 0.162. The minimum Gasteiger partial charge on any atom is -0.435 e. The van der Waals surface area contributed by atoms with Crippen LogP contribution < -0.4 is 4.90 Å². The van der Waals surface area contributed by atoms with E-state index >= 15 is 0 Å². The van der Waals surface area contributed by atoms with E-state index in [0.717, 1.165) is 61.3 Å². The fraction of sp³-hybridized carbons (Fsp3) is 0. The first kappa shape index (κ1) is 34.8. The second-order valence-corrected chi connectivity index (χ2v) is 15.6. The highest BCUT2D eigenvalue weighted by Crippen LogP contribution is 2.42. The Morgan fingerprint density at radius 1 is 0.393 bits per heavy atom. The molecular formula is C57H37N3O. The number of anilines is 3. The van der Waals surface area contributed by atoms with Crippen molar-refractivity contribution >= 4 is 71.5 Å². The Bertz CT molecular complexity index is 3570. The Hall–Kier alpha value is -8.21. The number of oxazole rings is 1. The topological polar surface area (TPSA) is 34.2 Å². The highest BCUT2D eigenvalue weighted by Gasteiger charge is 2.19. The van der Waals surface area contributed by atoms with Gasteiger partial charge in [0.2, 0.25) is 5.89 Å². The highest BCUT2D eigenvalue weighted by atomic mass is 16.3. The minimum atomic E-state index is 0.624. The van der Waals surface area contributed by atoms with Gasteiger partial charge in [0.1, 0.15) is 5.52 Å². The third-order valence-electron chi connectivity index (χ3n) is 12.0. The maximum absolute atomic E-state index is 6.54. The Morgan fingerprint density at radius 3 is 1.82 bits per heavy atom. The van der Waals surface area contributed by atoms with Crippen molar-refractivity contribution in [1.29, 1.82) is 0 Å². The molecule has 0 bridgehead atoms. The lowest BCUT2D eigenvalue weighted by Crippen LogP contribution is -2.10. The number of hydrogen-bond acceptors (Lipinski definition) is 3. The Morgan fingerprint density at radius 2 is 1.02 bits per heavy atom. The maximum atomic E-state index is 6.54. The summed E-state index contributed by atoms with van der Waals surface area (Å²) in [6.07, 6.45) is 0. The Balaban J connectivity index is 0.995. The zero-order valence-electron chi connectivity index (χ0n) is 33.1. The molecule has 0 unspecified atom stereocenters. The van der Waals surface area contributed by atoms with Crippen LogP contribution in [0.1, 0.15) is 0 Å². The average Bonchev–Trinajstić information content (AvgIpc) is 3.92. The molecule has 4 nitrogen and oxygen atoms in total. The van der Waals surface area contributed by atoms with E-state index in [1.807, 2.05) is 30.3 Å². The van der Waals surface area contributed by atoms with Crippen molar-refractivity contribution < 1.29 is 4.42 Å². The SMILES string of the molecule is c1ccc(-c2nc3ccc4cccc(-c5ccc(N(c6ccc(-c7ccc8ccccc8c7)cc6)c6ccc7c(c6)c6ccccc6n7-c6ccccc6)cc5)c4c3o2)cc1. The first-order valence-corrected chi connectivity index (χ1v) is 20.7. The minimum absolute atomic E-state index is 0.624. The van der Waals surface area contributed by atoms with Gasteiger partial charge in [-0.15, -0.1) is 0 Å². The van der Waals surface area contributed by atoms with Crippen molar-refractivity contribution in [3.05, 3.63) is 224 Å². The number of aromatic nitrogens is 2. The van der Waals surface area contributed by atoms with Crippen LogP contribution in [0, 0.1) is 0 Å². The lowest BCUT2D eigenvalue weighted by molar-refractivity contribution is 0.623. The summed E-state index contributed by atoms with van der Waals surface area (Å²) < 4.78 is 8.91. The van der Waals surface area contributed by atoms with Gasteiger partial charge in [-0.1, -0.05) is 140 Å². The third-order valence-corrected chi connectivity index (χ3v) is 12.0. The molecule has 0 aliphatic carbocycles. The van der Waals surface area contributed by atoms with Crippen LogP contribution in [0.2, 0.25) is 0 Å². The summed E-state index contributed by atoms with van der Waals surface area (Å²) in [5.74, 6) is 0.624. The van der Waals surface area contributed by atoms with Crippen LogP contribution in [0.15, 0.2) is 229 Å². The molecule has 0 amide bonds. The molecule has 0 aliphatic rings. The van der Waals surface area contributed by atoms with Gasteiger partial charge in [-0.25, -0.2) is 4.98 Å². The van der Waals surface area contributed by atoms with Gasteiger partial charge in [-0.3, -0.25) is 0 Å². The molecule has 0 saturated carbocycles. The van der Waals surface area contributed by atoms with Gasteiger partial charge in [0.15, 0.2) is 5.58 Å². The van der Waals surface area contributed by atoms with Crippen LogP contribution in [0.4, 0.5) is 17.1 Å². The number of rotatable bonds is 7. The Labute approximate surface area is 352 Å². The summed E-state index contributed by atoms with van der Waals surface area (Å²) in [6.45, 7) is 0. The highest BCUT2D eigenvalue weighted by molar-refractivity contribution is 6.12. The maximum Gasteiger partial charge on any atom is 0.227 e. The largest absolute Gasteiger partial charge is 0.435 e. The number of fused-ring (bicyclic) bond motifs is 7. The van der Waals surface area contributed by atoms with Crippen molar-refractivity contribution in [2.75, 3.05) is 4.90 Å². The second-order valence-electron chi connectivity index (χ2n) is 15.6. The van der Waals surface area contributed by atoms with Gasteiger partial charge in [0.25, 0.3) is 0 Å². The summed E-state index contributed by atoms with van der Waals surface area (Å²) in [7, 11) is 0. The molecule has 286 valence electrons. The fourth-order valence-corrected chi connectivity index (χ4v) is 9.06. The van der Waals surface area contributed by atoms with Crippen LogP contribution >= 0.6 is 0 Å². The molecule has 10 aromatic carbocycles. The molecular weight excluding hydrogens is 743 g/mol. The second kappa shape index (κ2) is 14.3. The van der Waals surface area contributed by atoms with E-state index in [1.54, 1.807) is 0 Å². The zero-order chi connectivity index (χ0) is 40.3. The van der Waals surface area contributed by atoms with Gasteiger partial charge < -0.3 is 13.9 Å². The van der Waals surface area contributed by atoms with Crippen LogP contribution in [-0.2, 0) is 0 Å². The molecule has 0 fully saturated rings. The van der Waals surface area contributed by atoms with E-state index < -0.39 is 0 Å². The van der Waals surface area contributed by atoms with Crippen LogP contribution in [0.5, 0.6) is 0 Å². The standard InChI is InChI=1S/C57H37N3O/c1-3-13-42(14-4-1)57-58-52-34-28-41-16-11-20-49(55(41)56(52)61-57)40-26-31-47(32-27-40)59(46-29-24-39(25-30-46)44-23-22-38-12-7-8-15-43(38)36-44)48-33-35-54-51(37-48)50-19-9-10-21-53(50)60(54)45-17-5-2-6-18-45/h1-37H. The normalized spacial score (nSPS) is 11.6. The molecule has 0 atom stereocenters. The lowest BCUT2D eigenvalue weighted by atomic mass is 9.97. The molecule has 4 heteroatoms. The van der Waals surface area contributed by atoms with E-state index in [9.17, 15) is 0 Å². The summed E-state index contributed by atoms with van der Waals surface area (Å²) in [4.78, 5) is 7.26. The molecule has 0 radical (unpaired) electrons. The lowest BCUT2D eigenvalue weighted by Gasteiger charge is -2.26. The van der Waals surface area contributed by atoms with Crippen molar-refractivity contribution in [3.63, 3.8) is 0 Å². The molecule has 0 saturated heterocycles. The van der Waals surface area contributed by atoms with Crippen molar-refractivity contribution in [3.8, 4) is 39.4 Å². The summed E-state index contributed by atoms with van der Waals surface area (Å²) in [5.41, 5.74) is 13.9. The molecule has 61 heavy (non-hydrogen) atoms. The van der Waals surface area contributed by atoms with Gasteiger partial charge >= 0.3 is 0 Å². The smallest absolute Gasteiger partial charge is 0.227 e. The predicted molar refractivity (Wildman–Crippen MR) is 254 cm³/mol. The van der Waals surface area contributed by atoms with Gasteiger partial charge in [-0.2, -0.15) is 0 Å². The van der Waals surface area contributed by atoms with Gasteiger partial charge in [0, 0.05) is 44.5 Å². The van der Waals surface area contributed by atoms with Crippen LogP contribution in [0.25, 0.3) is 93.8 Å². The molecule has 12 aromatic rings. The van der Waals surface area contributed by atoms with Crippen LogP contribution in [-0.4, -0.2) is 9.55 Å². The first-order valence-electron chi connectivity index (χ1n) is 20.7. The molecule has 12 rings (SSSR count). The van der Waals surface area contributed by atoms with Crippen molar-refractivity contribution in [1.82, 2.24) is 9.55 Å². The number of benzene rings is 10. The van der Waals surface area contributed by atoms with Gasteiger partial charge in [0.05, 0.1) is 11.0 Å². The predicted octanol–water partition coefficient (Wildman–Crippen LogP) is 15.7. The van der Waals surface area contributed by atoms with E-state index in [2.05, 4.69) is 204 Å². The summed E-state index contributed by atoms with van der Waals surface area (Å²) >= 11 is 0. The van der Waals surface area contributed by atoms with Crippen molar-refractivity contribution in [2.45, 2.75) is 0 Å². The fourth-order valence-electron chi connectivity index (χ4n) is 9.06. The van der Waals surface area contributed by atoms with E-state index in [4.69, 9.17) is 9.40 Å². The average molecular weight is 780 g/mol. The van der Waals surface area contributed by atoms with E-state index in [1.165, 1.54) is 43.7 Å². The van der Waals surface area contributed by atoms with Crippen LogP contribution in [0.3, 0.4) is 0 Å². The molecule has 2 aromatic heterocycles. The molecule has 0 spiro atoms. The summed E-state index contributed by atoms with van der Waals surface area (Å²) in [5, 5.41) is 7.07. The zero-order valence-corrected chi connectivity index (χ0v) is 33.1. The summed E-state index contributed by atoms with van der Waals surface area (Å²) in [6, 6.07) is 80.1. The number of hydrogen-bond donors (Lipinski definition) is 0. The molecule has 0 aliphatic heterocycles. The van der Waals surface area contributed by atoms with Gasteiger partial charge in [-0.05, 0) is 123 Å². The first-order chi connectivity index (χ1) is 30.2. The number of nitrogens with zero attached hydrogens (tertiary/aromatic N) is 3.